The van der Waals surface area contributed by atoms with Crippen LogP contribution in [0.1, 0.15) is 13.8 Å². The number of non-ortho nitro benzene ring substituents is 1. The molecule has 0 saturated heterocycles. The van der Waals surface area contributed by atoms with E-state index in [9.17, 15) is 14.9 Å². The monoisotopic (exact) mass is 249 g/mol. The number of hydrogen-bond donors (Lipinski definition) is 0. The van der Waals surface area contributed by atoms with E-state index in [4.69, 9.17) is 4.74 Å². The van der Waals surface area contributed by atoms with E-state index in [-0.39, 0.29) is 5.69 Å². The van der Waals surface area contributed by atoms with Gasteiger partial charge in [-0.25, -0.2) is 4.68 Å². The van der Waals surface area contributed by atoms with Gasteiger partial charge in [-0.15, -0.1) is 0 Å². The first-order valence-corrected chi connectivity index (χ1v) is 5.20. The van der Waals surface area contributed by atoms with Crippen LogP contribution in [0.3, 0.4) is 0 Å². The average molecular weight is 249 g/mol. The molecule has 0 amide bonds. The summed E-state index contributed by atoms with van der Waals surface area (Å²) in [5, 5.41) is 15.3. The topological polar surface area (TPSA) is 87.3 Å². The van der Waals surface area contributed by atoms with Gasteiger partial charge in [-0.1, -0.05) is 6.07 Å². The zero-order valence-electron chi connectivity index (χ0n) is 9.86. The van der Waals surface area contributed by atoms with Crippen LogP contribution in [0.5, 0.6) is 0 Å². The SMILES string of the molecule is CC(C)(OC=O)n1ncc2c([N+](=O)[O-])cccc21. The summed E-state index contributed by atoms with van der Waals surface area (Å²) in [7, 11) is 0. The van der Waals surface area contributed by atoms with E-state index in [2.05, 4.69) is 5.10 Å². The molecule has 0 unspecified atom stereocenters. The third-order valence-corrected chi connectivity index (χ3v) is 2.63. The highest BCUT2D eigenvalue weighted by atomic mass is 16.6. The molecule has 0 atom stereocenters. The van der Waals surface area contributed by atoms with Crippen LogP contribution in [0.4, 0.5) is 5.69 Å². The zero-order chi connectivity index (χ0) is 13.3. The molecule has 0 aliphatic heterocycles. The van der Waals surface area contributed by atoms with Crippen LogP contribution in [0.2, 0.25) is 0 Å². The Labute approximate surface area is 102 Å². The minimum Gasteiger partial charge on any atom is -0.440 e. The maximum Gasteiger partial charge on any atom is 0.295 e. The summed E-state index contributed by atoms with van der Waals surface area (Å²) in [6.45, 7) is 3.62. The lowest BCUT2D eigenvalue weighted by Crippen LogP contribution is -2.30. The number of carbonyl (C=O) groups is 1. The highest BCUT2D eigenvalue weighted by Crippen LogP contribution is 2.28. The van der Waals surface area contributed by atoms with Crippen molar-refractivity contribution in [3.8, 4) is 0 Å². The molecular weight excluding hydrogens is 238 g/mol. The average Bonchev–Trinajstić information content (AvgIpc) is 2.72. The molecule has 1 aromatic carbocycles. The Morgan fingerprint density at radius 2 is 2.22 bits per heavy atom. The van der Waals surface area contributed by atoms with E-state index in [0.29, 0.717) is 17.4 Å². The van der Waals surface area contributed by atoms with Crippen LogP contribution in [0.25, 0.3) is 10.9 Å². The summed E-state index contributed by atoms with van der Waals surface area (Å²) in [6.07, 6.45) is 1.39. The molecule has 0 aliphatic rings. The summed E-state index contributed by atoms with van der Waals surface area (Å²) in [4.78, 5) is 20.9. The van der Waals surface area contributed by atoms with Gasteiger partial charge in [0, 0.05) is 6.07 Å². The lowest BCUT2D eigenvalue weighted by Gasteiger charge is -2.23. The van der Waals surface area contributed by atoms with E-state index >= 15 is 0 Å². The summed E-state index contributed by atoms with van der Waals surface area (Å²) in [5.74, 6) is 0. The summed E-state index contributed by atoms with van der Waals surface area (Å²) >= 11 is 0. The van der Waals surface area contributed by atoms with Gasteiger partial charge < -0.3 is 4.74 Å². The van der Waals surface area contributed by atoms with Gasteiger partial charge in [0.2, 0.25) is 0 Å². The molecule has 0 radical (unpaired) electrons. The third kappa shape index (κ3) is 1.79. The Bertz CT molecular complexity index is 618. The Balaban J connectivity index is 2.66. The van der Waals surface area contributed by atoms with Crippen LogP contribution in [-0.4, -0.2) is 21.2 Å². The van der Waals surface area contributed by atoms with Gasteiger partial charge in [0.25, 0.3) is 12.2 Å². The normalized spacial score (nSPS) is 11.4. The highest BCUT2D eigenvalue weighted by molar-refractivity contribution is 5.88. The lowest BCUT2D eigenvalue weighted by molar-refractivity contribution is -0.383. The fourth-order valence-electron chi connectivity index (χ4n) is 1.79. The van der Waals surface area contributed by atoms with Crippen LogP contribution >= 0.6 is 0 Å². The minimum atomic E-state index is -1.00. The maximum absolute atomic E-state index is 10.9. The standard InChI is InChI=1S/C11H11N3O4/c1-11(2,18-7-15)13-9-4-3-5-10(14(16)17)8(9)6-12-13/h3-7H,1-2H3. The van der Waals surface area contributed by atoms with Crippen molar-refractivity contribution in [1.29, 1.82) is 0 Å². The molecule has 2 aromatic rings. The minimum absolute atomic E-state index is 0.0272. The smallest absolute Gasteiger partial charge is 0.295 e. The van der Waals surface area contributed by atoms with Gasteiger partial charge >= 0.3 is 0 Å². The van der Waals surface area contributed by atoms with Crippen molar-refractivity contribution in [3.05, 3.63) is 34.5 Å². The van der Waals surface area contributed by atoms with Gasteiger partial charge in [-0.3, -0.25) is 14.9 Å². The van der Waals surface area contributed by atoms with Crippen LogP contribution in [0.15, 0.2) is 24.4 Å². The van der Waals surface area contributed by atoms with Gasteiger partial charge in [0.15, 0.2) is 5.72 Å². The molecule has 1 aromatic heterocycles. The second-order valence-corrected chi connectivity index (χ2v) is 4.18. The van der Waals surface area contributed by atoms with Crippen LogP contribution in [0, 0.1) is 10.1 Å². The van der Waals surface area contributed by atoms with Crippen molar-refractivity contribution in [2.45, 2.75) is 19.6 Å². The molecular formula is C11H11N3O4. The lowest BCUT2D eigenvalue weighted by atomic mass is 10.2. The molecule has 94 valence electrons. The molecule has 1 heterocycles. The molecule has 7 nitrogen and oxygen atoms in total. The van der Waals surface area contributed by atoms with Crippen molar-refractivity contribution in [1.82, 2.24) is 9.78 Å². The number of hydrogen-bond acceptors (Lipinski definition) is 5. The van der Waals surface area contributed by atoms with Crippen LogP contribution < -0.4 is 0 Å². The molecule has 18 heavy (non-hydrogen) atoms. The molecule has 0 spiro atoms. The number of aromatic nitrogens is 2. The number of nitro benzene ring substituents is 1. The molecule has 0 fully saturated rings. The van der Waals surface area contributed by atoms with E-state index in [1.54, 1.807) is 26.0 Å². The molecule has 2 rings (SSSR count). The van der Waals surface area contributed by atoms with E-state index in [1.165, 1.54) is 16.9 Å². The van der Waals surface area contributed by atoms with E-state index < -0.39 is 10.6 Å². The maximum atomic E-state index is 10.9. The molecule has 0 aliphatic carbocycles. The molecule has 0 saturated carbocycles. The van der Waals surface area contributed by atoms with Crippen molar-refractivity contribution in [2.24, 2.45) is 0 Å². The van der Waals surface area contributed by atoms with Crippen molar-refractivity contribution in [2.75, 3.05) is 0 Å². The number of nitrogens with zero attached hydrogens (tertiary/aromatic N) is 3. The Morgan fingerprint density at radius 3 is 2.83 bits per heavy atom. The van der Waals surface area contributed by atoms with Gasteiger partial charge in [0.1, 0.15) is 0 Å². The zero-order valence-corrected chi connectivity index (χ0v) is 9.86. The Kier molecular flexibility index (Phi) is 2.74. The van der Waals surface area contributed by atoms with Gasteiger partial charge in [0.05, 0.1) is 22.0 Å². The third-order valence-electron chi connectivity index (χ3n) is 2.63. The fourth-order valence-corrected chi connectivity index (χ4v) is 1.79. The number of ether oxygens (including phenoxy) is 1. The number of rotatable bonds is 4. The van der Waals surface area contributed by atoms with Gasteiger partial charge in [-0.05, 0) is 19.9 Å². The fraction of sp³-hybridized carbons (Fsp3) is 0.273. The van der Waals surface area contributed by atoms with E-state index in [0.717, 1.165) is 0 Å². The van der Waals surface area contributed by atoms with Crippen LogP contribution in [-0.2, 0) is 15.3 Å². The molecule has 0 bridgehead atoms. The summed E-state index contributed by atoms with van der Waals surface area (Å²) in [6, 6.07) is 4.66. The number of nitro groups is 1. The predicted octanol–water partition coefficient (Wildman–Crippen LogP) is 1.81. The first-order chi connectivity index (χ1) is 8.47. The van der Waals surface area contributed by atoms with Crippen molar-refractivity contribution in [3.63, 3.8) is 0 Å². The van der Waals surface area contributed by atoms with Crippen molar-refractivity contribution < 1.29 is 14.5 Å². The second-order valence-electron chi connectivity index (χ2n) is 4.18. The second kappa shape index (κ2) is 4.10. The number of fused-ring (bicyclic) bond motifs is 1. The van der Waals surface area contributed by atoms with Gasteiger partial charge in [-0.2, -0.15) is 5.10 Å². The molecule has 7 heteroatoms. The number of carbonyl (C=O) groups excluding carboxylic acids is 1. The largest absolute Gasteiger partial charge is 0.440 e. The quantitative estimate of drug-likeness (QED) is 0.468. The summed E-state index contributed by atoms with van der Waals surface area (Å²) < 4.78 is 6.37. The van der Waals surface area contributed by atoms with E-state index in [1.807, 2.05) is 0 Å². The Hall–Kier alpha value is -2.44. The first-order valence-electron chi connectivity index (χ1n) is 5.20. The highest BCUT2D eigenvalue weighted by Gasteiger charge is 2.26. The van der Waals surface area contributed by atoms with Crippen molar-refractivity contribution >= 4 is 23.1 Å². The Morgan fingerprint density at radius 1 is 1.50 bits per heavy atom. The first kappa shape index (κ1) is 12.0. The predicted molar refractivity (Wildman–Crippen MR) is 62.9 cm³/mol. The summed E-state index contributed by atoms with van der Waals surface area (Å²) in [5.41, 5.74) is -0.490. The number of benzene rings is 1. The molecule has 0 N–H and O–H groups in total.